The zero-order chi connectivity index (χ0) is 32.5. The molecule has 1 fully saturated rings. The van der Waals surface area contributed by atoms with Gasteiger partial charge in [0.05, 0.1) is 10.6 Å². The van der Waals surface area contributed by atoms with Crippen molar-refractivity contribution in [3.63, 3.8) is 0 Å². The molecule has 0 unspecified atom stereocenters. The highest BCUT2D eigenvalue weighted by atomic mass is 35.5. The van der Waals surface area contributed by atoms with Gasteiger partial charge in [0.2, 0.25) is 11.8 Å². The Labute approximate surface area is 275 Å². The Morgan fingerprint density at radius 2 is 1.41 bits per heavy atom. The third kappa shape index (κ3) is 8.53. The lowest BCUT2D eigenvalue weighted by Gasteiger charge is -2.35. The molecule has 1 atom stereocenters. The van der Waals surface area contributed by atoms with Crippen molar-refractivity contribution in [1.82, 2.24) is 10.2 Å². The van der Waals surface area contributed by atoms with Gasteiger partial charge < -0.3 is 10.2 Å². The fourth-order valence-electron chi connectivity index (χ4n) is 5.74. The number of halogens is 2. The quantitative estimate of drug-likeness (QED) is 0.182. The van der Waals surface area contributed by atoms with Gasteiger partial charge in [-0.05, 0) is 72.5 Å². The molecule has 4 aromatic rings. The van der Waals surface area contributed by atoms with Crippen molar-refractivity contribution in [2.45, 2.75) is 62.0 Å². The normalized spacial score (nSPS) is 14.3. The van der Waals surface area contributed by atoms with Gasteiger partial charge in [-0.3, -0.25) is 13.9 Å². The molecule has 5 rings (SSSR count). The van der Waals surface area contributed by atoms with Gasteiger partial charge in [-0.15, -0.1) is 0 Å². The lowest BCUT2D eigenvalue weighted by atomic mass is 9.94. The minimum absolute atomic E-state index is 0.00109. The van der Waals surface area contributed by atoms with Crippen molar-refractivity contribution in [2.75, 3.05) is 10.8 Å². The van der Waals surface area contributed by atoms with Gasteiger partial charge in [-0.2, -0.15) is 0 Å². The molecule has 2 amide bonds. The van der Waals surface area contributed by atoms with Gasteiger partial charge in [0.25, 0.3) is 10.0 Å². The molecular formula is C36H37ClFN3O4S. The Hall–Kier alpha value is -4.21. The van der Waals surface area contributed by atoms with Crippen LogP contribution in [0.4, 0.5) is 10.1 Å². The molecule has 0 heterocycles. The number of carbonyl (C=O) groups excluding carboxylic acids is 2. The molecule has 0 bridgehead atoms. The van der Waals surface area contributed by atoms with Gasteiger partial charge in [-0.1, -0.05) is 91.5 Å². The molecule has 1 saturated carbocycles. The number of carbonyl (C=O) groups is 2. The van der Waals surface area contributed by atoms with E-state index in [1.54, 1.807) is 42.5 Å². The summed E-state index contributed by atoms with van der Waals surface area (Å²) in [4.78, 5) is 30.1. The number of hydrogen-bond acceptors (Lipinski definition) is 4. The second-order valence-corrected chi connectivity index (χ2v) is 13.8. The van der Waals surface area contributed by atoms with E-state index in [1.807, 2.05) is 30.3 Å². The maximum atomic E-state index is 14.5. The summed E-state index contributed by atoms with van der Waals surface area (Å²) in [6.07, 6.45) is 5.11. The van der Waals surface area contributed by atoms with E-state index in [9.17, 15) is 22.4 Å². The van der Waals surface area contributed by atoms with Crippen LogP contribution in [-0.2, 0) is 32.6 Å². The minimum Gasteiger partial charge on any atom is -0.352 e. The highest BCUT2D eigenvalue weighted by Crippen LogP contribution is 2.26. The van der Waals surface area contributed by atoms with Crippen molar-refractivity contribution in [3.05, 3.63) is 131 Å². The van der Waals surface area contributed by atoms with Gasteiger partial charge in [0.1, 0.15) is 18.4 Å². The van der Waals surface area contributed by atoms with Gasteiger partial charge >= 0.3 is 0 Å². The maximum Gasteiger partial charge on any atom is 0.264 e. The summed E-state index contributed by atoms with van der Waals surface area (Å²) in [5.41, 5.74) is 1.70. The van der Waals surface area contributed by atoms with E-state index in [0.29, 0.717) is 5.02 Å². The van der Waals surface area contributed by atoms with Crippen LogP contribution in [0.2, 0.25) is 5.02 Å². The van der Waals surface area contributed by atoms with E-state index >= 15 is 0 Å². The first-order valence-corrected chi connectivity index (χ1v) is 17.2. The Bertz CT molecular complexity index is 1700. The molecule has 0 radical (unpaired) electrons. The highest BCUT2D eigenvalue weighted by molar-refractivity contribution is 7.92. The highest BCUT2D eigenvalue weighted by Gasteiger charge is 2.35. The fourth-order valence-corrected chi connectivity index (χ4v) is 7.30. The van der Waals surface area contributed by atoms with Crippen LogP contribution in [0.1, 0.15) is 43.2 Å². The van der Waals surface area contributed by atoms with Crippen LogP contribution in [0, 0.1) is 5.82 Å². The number of benzene rings is 4. The van der Waals surface area contributed by atoms with Crippen LogP contribution < -0.4 is 9.62 Å². The molecule has 0 aliphatic heterocycles. The summed E-state index contributed by atoms with van der Waals surface area (Å²) in [6.45, 7) is -0.577. The van der Waals surface area contributed by atoms with E-state index in [1.165, 1.54) is 29.2 Å². The largest absolute Gasteiger partial charge is 0.352 e. The molecule has 0 saturated heterocycles. The number of nitrogens with zero attached hydrogens (tertiary/aromatic N) is 2. The summed E-state index contributed by atoms with van der Waals surface area (Å²) in [5.74, 6) is -1.42. The third-order valence-corrected chi connectivity index (χ3v) is 10.3. The van der Waals surface area contributed by atoms with Crippen molar-refractivity contribution < 1.29 is 22.4 Å². The molecule has 0 spiro atoms. The second kappa shape index (κ2) is 15.4. The van der Waals surface area contributed by atoms with E-state index in [2.05, 4.69) is 5.32 Å². The van der Waals surface area contributed by atoms with Crippen molar-refractivity contribution in [2.24, 2.45) is 0 Å². The Kier molecular flexibility index (Phi) is 11.1. The smallest absolute Gasteiger partial charge is 0.264 e. The van der Waals surface area contributed by atoms with E-state index < -0.39 is 34.3 Å². The monoisotopic (exact) mass is 661 g/mol. The first kappa shape index (κ1) is 33.2. The number of anilines is 1. The summed E-state index contributed by atoms with van der Waals surface area (Å²) in [5, 5.41) is 3.71. The Morgan fingerprint density at radius 3 is 2.04 bits per heavy atom. The van der Waals surface area contributed by atoms with Crippen molar-refractivity contribution in [1.29, 1.82) is 0 Å². The van der Waals surface area contributed by atoms with Crippen LogP contribution in [0.3, 0.4) is 0 Å². The first-order valence-electron chi connectivity index (χ1n) is 15.4. The zero-order valence-electron chi connectivity index (χ0n) is 25.4. The SMILES string of the molecule is O=C(NC1CCCCC1)[C@@H](Cc1ccccc1)N(Cc1ccc(Cl)cc1)C(=O)CN(c1ccc(F)cc1)S(=O)(=O)c1ccccc1. The molecule has 1 aliphatic rings. The molecule has 1 aliphatic carbocycles. The molecule has 46 heavy (non-hydrogen) atoms. The van der Waals surface area contributed by atoms with Crippen LogP contribution in [0.25, 0.3) is 0 Å². The average molecular weight is 662 g/mol. The Balaban J connectivity index is 1.55. The van der Waals surface area contributed by atoms with E-state index in [-0.39, 0.29) is 35.5 Å². The lowest BCUT2D eigenvalue weighted by Crippen LogP contribution is -2.55. The summed E-state index contributed by atoms with van der Waals surface area (Å²) >= 11 is 6.15. The molecule has 0 aromatic heterocycles. The third-order valence-electron chi connectivity index (χ3n) is 8.21. The molecular weight excluding hydrogens is 625 g/mol. The van der Waals surface area contributed by atoms with Crippen LogP contribution >= 0.6 is 11.6 Å². The first-order chi connectivity index (χ1) is 22.2. The predicted octanol–water partition coefficient (Wildman–Crippen LogP) is 6.76. The number of hydrogen-bond donors (Lipinski definition) is 1. The number of nitrogens with one attached hydrogen (secondary N) is 1. The average Bonchev–Trinajstić information content (AvgIpc) is 3.07. The number of sulfonamides is 1. The minimum atomic E-state index is -4.26. The zero-order valence-corrected chi connectivity index (χ0v) is 27.0. The topological polar surface area (TPSA) is 86.8 Å². The lowest BCUT2D eigenvalue weighted by molar-refractivity contribution is -0.140. The number of amides is 2. The number of rotatable bonds is 12. The van der Waals surface area contributed by atoms with Gasteiger partial charge in [0.15, 0.2) is 0 Å². The van der Waals surface area contributed by atoms with E-state index in [4.69, 9.17) is 11.6 Å². The molecule has 1 N–H and O–H groups in total. The van der Waals surface area contributed by atoms with Crippen LogP contribution in [-0.4, -0.2) is 43.8 Å². The predicted molar refractivity (Wildman–Crippen MR) is 178 cm³/mol. The standard InChI is InChI=1S/C36H37ClFN3O4S/c37-29-18-16-28(17-19-29)25-40(34(24-27-10-4-1-5-11-27)36(43)39-31-12-6-2-7-13-31)35(42)26-41(32-22-20-30(38)21-23-32)46(44,45)33-14-8-3-9-15-33/h1,3-5,8-11,14-23,31,34H,2,6-7,12-13,24-26H2,(H,39,43)/t34-/m1/s1. The molecule has 240 valence electrons. The van der Waals surface area contributed by atoms with Crippen molar-refractivity contribution in [3.8, 4) is 0 Å². The Morgan fingerprint density at radius 1 is 0.804 bits per heavy atom. The van der Waals surface area contributed by atoms with Crippen LogP contribution in [0.5, 0.6) is 0 Å². The molecule has 10 heteroatoms. The van der Waals surface area contributed by atoms with Gasteiger partial charge in [-0.25, -0.2) is 12.8 Å². The summed E-state index contributed by atoms with van der Waals surface area (Å²) in [6, 6.07) is 28.2. The molecule has 7 nitrogen and oxygen atoms in total. The summed E-state index contributed by atoms with van der Waals surface area (Å²) < 4.78 is 42.9. The van der Waals surface area contributed by atoms with E-state index in [0.717, 1.165) is 59.7 Å². The van der Waals surface area contributed by atoms with Crippen molar-refractivity contribution >= 4 is 39.1 Å². The maximum absolute atomic E-state index is 14.5. The van der Waals surface area contributed by atoms with Crippen LogP contribution in [0.15, 0.2) is 114 Å². The van der Waals surface area contributed by atoms with Gasteiger partial charge in [0, 0.05) is 24.0 Å². The second-order valence-electron chi connectivity index (χ2n) is 11.5. The molecule has 4 aromatic carbocycles. The fraction of sp³-hybridized carbons (Fsp3) is 0.278. The summed E-state index contributed by atoms with van der Waals surface area (Å²) in [7, 11) is -4.26.